The maximum atomic E-state index is 12.1. The van der Waals surface area contributed by atoms with E-state index in [0.29, 0.717) is 16.1 Å². The zero-order valence-electron chi connectivity index (χ0n) is 11.1. The van der Waals surface area contributed by atoms with Gasteiger partial charge >= 0.3 is 11.9 Å². The molecule has 0 saturated heterocycles. The molecule has 2 rings (SSSR count). The lowest BCUT2D eigenvalue weighted by atomic mass is 10.2. The van der Waals surface area contributed by atoms with E-state index in [9.17, 15) is 9.59 Å². The summed E-state index contributed by atoms with van der Waals surface area (Å²) in [7, 11) is 0. The van der Waals surface area contributed by atoms with Crippen LogP contribution in [0.15, 0.2) is 23.4 Å². The van der Waals surface area contributed by atoms with Gasteiger partial charge in [0.05, 0.1) is 17.9 Å². The Balaban J connectivity index is 2.51. The molecule has 0 aromatic carbocycles. The van der Waals surface area contributed by atoms with Crippen LogP contribution in [0.1, 0.15) is 22.8 Å². The van der Waals surface area contributed by atoms with E-state index in [1.165, 1.54) is 0 Å². The second kappa shape index (κ2) is 5.96. The summed E-state index contributed by atoms with van der Waals surface area (Å²) in [4.78, 5) is 22.7. The number of aliphatic carboxylic acids is 1. The largest absolute Gasteiger partial charge is 0.481 e. The van der Waals surface area contributed by atoms with Gasteiger partial charge in [-0.1, -0.05) is 11.8 Å². The number of carboxylic acids is 1. The van der Waals surface area contributed by atoms with Crippen LogP contribution in [0.5, 0.6) is 0 Å². The van der Waals surface area contributed by atoms with Crippen molar-refractivity contribution in [2.24, 2.45) is 0 Å². The average molecular weight is 294 g/mol. The SMILES string of the molecule is CCOC(=O)c1c(SCC(=O)O)nn2ccc(C)cc12. The number of pyridine rings is 1. The number of aryl methyl sites for hydroxylation is 1. The zero-order chi connectivity index (χ0) is 14.7. The third-order valence-electron chi connectivity index (χ3n) is 2.57. The van der Waals surface area contributed by atoms with Crippen molar-refractivity contribution >= 4 is 29.2 Å². The molecular formula is C13H14N2O4S. The molecule has 0 amide bonds. The second-order valence-electron chi connectivity index (χ2n) is 4.12. The Morgan fingerprint density at radius 1 is 1.50 bits per heavy atom. The van der Waals surface area contributed by atoms with Gasteiger partial charge in [-0.2, -0.15) is 5.10 Å². The van der Waals surface area contributed by atoms with E-state index in [2.05, 4.69) is 5.10 Å². The van der Waals surface area contributed by atoms with E-state index in [0.717, 1.165) is 17.3 Å². The van der Waals surface area contributed by atoms with Gasteiger partial charge in [0.2, 0.25) is 0 Å². The number of carboxylic acid groups (broad SMARTS) is 1. The number of hydrogen-bond donors (Lipinski definition) is 1. The van der Waals surface area contributed by atoms with E-state index in [-0.39, 0.29) is 12.4 Å². The number of esters is 1. The van der Waals surface area contributed by atoms with Gasteiger partial charge in [0, 0.05) is 6.20 Å². The maximum absolute atomic E-state index is 12.1. The molecule has 2 aromatic rings. The molecule has 106 valence electrons. The van der Waals surface area contributed by atoms with Crippen LogP contribution in [-0.4, -0.2) is 39.0 Å². The summed E-state index contributed by atoms with van der Waals surface area (Å²) in [6.07, 6.45) is 1.73. The summed E-state index contributed by atoms with van der Waals surface area (Å²) in [5.74, 6) is -1.60. The zero-order valence-corrected chi connectivity index (χ0v) is 11.9. The molecule has 0 aliphatic heterocycles. The molecule has 0 radical (unpaired) electrons. The van der Waals surface area contributed by atoms with Crippen LogP contribution in [0.2, 0.25) is 0 Å². The highest BCUT2D eigenvalue weighted by molar-refractivity contribution is 8.00. The van der Waals surface area contributed by atoms with Crippen LogP contribution in [0, 0.1) is 6.92 Å². The summed E-state index contributed by atoms with van der Waals surface area (Å²) < 4.78 is 6.59. The third-order valence-corrected chi connectivity index (χ3v) is 3.52. The quantitative estimate of drug-likeness (QED) is 0.671. The molecular weight excluding hydrogens is 280 g/mol. The van der Waals surface area contributed by atoms with Gasteiger partial charge in [0.25, 0.3) is 0 Å². The van der Waals surface area contributed by atoms with Crippen LogP contribution in [0.25, 0.3) is 5.52 Å². The Kier molecular flexibility index (Phi) is 4.29. The predicted octanol–water partition coefficient (Wildman–Crippen LogP) is 2.00. The number of thioether (sulfide) groups is 1. The Labute approximate surface area is 119 Å². The van der Waals surface area contributed by atoms with Gasteiger partial charge < -0.3 is 9.84 Å². The van der Waals surface area contributed by atoms with Gasteiger partial charge in [-0.25, -0.2) is 9.31 Å². The van der Waals surface area contributed by atoms with Gasteiger partial charge in [0.1, 0.15) is 10.6 Å². The first-order chi connectivity index (χ1) is 9.52. The summed E-state index contributed by atoms with van der Waals surface area (Å²) in [5.41, 5.74) is 1.93. The molecule has 20 heavy (non-hydrogen) atoms. The minimum Gasteiger partial charge on any atom is -0.481 e. The molecule has 0 bridgehead atoms. The number of fused-ring (bicyclic) bond motifs is 1. The molecule has 0 atom stereocenters. The fourth-order valence-corrected chi connectivity index (χ4v) is 2.49. The van der Waals surface area contributed by atoms with E-state index < -0.39 is 11.9 Å². The van der Waals surface area contributed by atoms with Crippen molar-refractivity contribution in [2.75, 3.05) is 12.4 Å². The van der Waals surface area contributed by atoms with Crippen molar-refractivity contribution in [1.29, 1.82) is 0 Å². The Morgan fingerprint density at radius 3 is 2.90 bits per heavy atom. The van der Waals surface area contributed by atoms with Crippen LogP contribution in [0.4, 0.5) is 0 Å². The van der Waals surface area contributed by atoms with Gasteiger partial charge in [0.15, 0.2) is 0 Å². The van der Waals surface area contributed by atoms with E-state index >= 15 is 0 Å². The Bertz CT molecular complexity index is 666. The predicted molar refractivity (Wildman–Crippen MR) is 74.2 cm³/mol. The number of nitrogens with zero attached hydrogens (tertiary/aromatic N) is 2. The normalized spacial score (nSPS) is 10.7. The molecule has 0 aliphatic rings. The smallest absolute Gasteiger partial charge is 0.343 e. The molecule has 0 saturated carbocycles. The Morgan fingerprint density at radius 2 is 2.25 bits per heavy atom. The van der Waals surface area contributed by atoms with Crippen LogP contribution in [0.3, 0.4) is 0 Å². The van der Waals surface area contributed by atoms with Crippen molar-refractivity contribution < 1.29 is 19.4 Å². The van der Waals surface area contributed by atoms with E-state index in [1.807, 2.05) is 19.1 Å². The van der Waals surface area contributed by atoms with Crippen LogP contribution < -0.4 is 0 Å². The first-order valence-electron chi connectivity index (χ1n) is 6.03. The van der Waals surface area contributed by atoms with Gasteiger partial charge in [-0.3, -0.25) is 4.79 Å². The van der Waals surface area contributed by atoms with Gasteiger partial charge in [-0.15, -0.1) is 0 Å². The van der Waals surface area contributed by atoms with E-state index in [1.54, 1.807) is 17.6 Å². The lowest BCUT2D eigenvalue weighted by molar-refractivity contribution is -0.133. The third kappa shape index (κ3) is 2.93. The molecule has 7 heteroatoms. The van der Waals surface area contributed by atoms with Gasteiger partial charge in [-0.05, 0) is 31.5 Å². The summed E-state index contributed by atoms with van der Waals surface area (Å²) in [6, 6.07) is 3.69. The standard InChI is InChI=1S/C13H14N2O4S/c1-3-19-13(18)11-9-6-8(2)4-5-15(9)14-12(11)20-7-10(16)17/h4-6H,3,7H2,1-2H3,(H,16,17). The monoisotopic (exact) mass is 294 g/mol. The van der Waals surface area contributed by atoms with Crippen molar-refractivity contribution in [3.8, 4) is 0 Å². The fraction of sp³-hybridized carbons (Fsp3) is 0.308. The van der Waals surface area contributed by atoms with E-state index in [4.69, 9.17) is 9.84 Å². The summed E-state index contributed by atoms with van der Waals surface area (Å²) in [6.45, 7) is 3.88. The molecule has 2 aromatic heterocycles. The first kappa shape index (κ1) is 14.4. The highest BCUT2D eigenvalue weighted by atomic mass is 32.2. The minimum absolute atomic E-state index is 0.157. The number of aromatic nitrogens is 2. The number of carbonyl (C=O) groups excluding carboxylic acids is 1. The molecule has 0 spiro atoms. The first-order valence-corrected chi connectivity index (χ1v) is 7.02. The number of hydrogen-bond acceptors (Lipinski definition) is 5. The van der Waals surface area contributed by atoms with Crippen molar-refractivity contribution in [3.05, 3.63) is 29.5 Å². The number of ether oxygens (including phenoxy) is 1. The van der Waals surface area contributed by atoms with Crippen molar-refractivity contribution in [3.63, 3.8) is 0 Å². The molecule has 0 unspecified atom stereocenters. The van der Waals surface area contributed by atoms with Crippen LogP contribution in [-0.2, 0) is 9.53 Å². The fourth-order valence-electron chi connectivity index (χ4n) is 1.76. The maximum Gasteiger partial charge on any atom is 0.343 e. The second-order valence-corrected chi connectivity index (χ2v) is 5.08. The molecule has 0 fully saturated rings. The molecule has 2 heterocycles. The van der Waals surface area contributed by atoms with Crippen molar-refractivity contribution in [1.82, 2.24) is 9.61 Å². The Hall–Kier alpha value is -2.02. The molecule has 1 N–H and O–H groups in total. The lowest BCUT2D eigenvalue weighted by Gasteiger charge is -2.02. The highest BCUT2D eigenvalue weighted by Gasteiger charge is 2.22. The summed E-state index contributed by atoms with van der Waals surface area (Å²) in [5, 5.41) is 13.4. The topological polar surface area (TPSA) is 80.9 Å². The average Bonchev–Trinajstić information content (AvgIpc) is 2.74. The summed E-state index contributed by atoms with van der Waals surface area (Å²) >= 11 is 1.01. The molecule has 0 aliphatic carbocycles. The van der Waals surface area contributed by atoms with Crippen LogP contribution >= 0.6 is 11.8 Å². The van der Waals surface area contributed by atoms with Crippen molar-refractivity contribution in [2.45, 2.75) is 18.9 Å². The minimum atomic E-state index is -0.960. The number of carbonyl (C=O) groups is 2. The molecule has 6 nitrogen and oxygen atoms in total. The number of rotatable bonds is 5. The lowest BCUT2D eigenvalue weighted by Crippen LogP contribution is -2.06. The highest BCUT2D eigenvalue weighted by Crippen LogP contribution is 2.26.